The third-order valence-electron chi connectivity index (χ3n) is 3.01. The molecule has 7 nitrogen and oxygen atoms in total. The number of likely N-dealkylation sites (N-methyl/N-ethyl adjacent to an activating group) is 1. The van der Waals surface area contributed by atoms with E-state index >= 15 is 0 Å². The van der Waals surface area contributed by atoms with E-state index in [0.29, 0.717) is 24.7 Å². The zero-order valence-electron chi connectivity index (χ0n) is 13.5. The molecule has 1 aromatic rings. The predicted octanol–water partition coefficient (Wildman–Crippen LogP) is 1.62. The molecule has 7 heteroatoms. The Bertz CT molecular complexity index is 595. The van der Waals surface area contributed by atoms with E-state index in [4.69, 9.17) is 19.5 Å². The largest absolute Gasteiger partial charge is 0.493 e. The Balaban J connectivity index is 2.64. The van der Waals surface area contributed by atoms with Crippen molar-refractivity contribution in [3.63, 3.8) is 0 Å². The van der Waals surface area contributed by atoms with Crippen molar-refractivity contribution in [2.24, 2.45) is 0 Å². The first-order chi connectivity index (χ1) is 11.0. The molecule has 0 fully saturated rings. The van der Waals surface area contributed by atoms with Crippen LogP contribution in [0, 0.1) is 11.3 Å². The average Bonchev–Trinajstić information content (AvgIpc) is 2.57. The first-order valence-corrected chi connectivity index (χ1v) is 7.12. The predicted molar refractivity (Wildman–Crippen MR) is 82.3 cm³/mol. The minimum Gasteiger partial charge on any atom is -0.493 e. The van der Waals surface area contributed by atoms with Gasteiger partial charge < -0.3 is 19.1 Å². The molecule has 124 valence electrons. The standard InChI is InChI=1S/C16H20N2O5/c1-4-22-13-7-6-12(10-14(13)21-3)16(20)23-11-15(19)18(2)9-5-8-17/h6-7,10H,4-5,9,11H2,1-3H3. The van der Waals surface area contributed by atoms with Crippen LogP contribution in [0.4, 0.5) is 0 Å². The molecule has 1 amide bonds. The van der Waals surface area contributed by atoms with Gasteiger partial charge in [0.15, 0.2) is 18.1 Å². The van der Waals surface area contributed by atoms with Gasteiger partial charge in [-0.3, -0.25) is 4.79 Å². The van der Waals surface area contributed by atoms with Crippen molar-refractivity contribution in [2.75, 3.05) is 33.9 Å². The molecule has 1 rings (SSSR count). The molecule has 0 aliphatic heterocycles. The lowest BCUT2D eigenvalue weighted by Gasteiger charge is -2.15. The maximum absolute atomic E-state index is 12.0. The summed E-state index contributed by atoms with van der Waals surface area (Å²) >= 11 is 0. The number of hydrogen-bond acceptors (Lipinski definition) is 6. The summed E-state index contributed by atoms with van der Waals surface area (Å²) in [6.45, 7) is 2.24. The summed E-state index contributed by atoms with van der Waals surface area (Å²) in [7, 11) is 3.02. The van der Waals surface area contributed by atoms with Crippen LogP contribution in [0.15, 0.2) is 18.2 Å². The highest BCUT2D eigenvalue weighted by molar-refractivity contribution is 5.92. The molecule has 0 atom stereocenters. The number of nitriles is 1. The number of carbonyl (C=O) groups is 2. The van der Waals surface area contributed by atoms with Gasteiger partial charge in [0, 0.05) is 13.6 Å². The van der Waals surface area contributed by atoms with Gasteiger partial charge in [-0.2, -0.15) is 5.26 Å². The lowest BCUT2D eigenvalue weighted by Crippen LogP contribution is -2.31. The van der Waals surface area contributed by atoms with Crippen LogP contribution in [0.3, 0.4) is 0 Å². The third-order valence-corrected chi connectivity index (χ3v) is 3.01. The summed E-state index contributed by atoms with van der Waals surface area (Å²) in [4.78, 5) is 25.1. The van der Waals surface area contributed by atoms with Gasteiger partial charge in [-0.05, 0) is 25.1 Å². The summed E-state index contributed by atoms with van der Waals surface area (Å²) < 4.78 is 15.5. The molecular weight excluding hydrogens is 300 g/mol. The Kier molecular flexibility index (Phi) is 7.40. The second-order valence-electron chi connectivity index (χ2n) is 4.60. The average molecular weight is 320 g/mol. The van der Waals surface area contributed by atoms with Crippen LogP contribution in [0.1, 0.15) is 23.7 Å². The van der Waals surface area contributed by atoms with Crippen molar-refractivity contribution in [1.82, 2.24) is 4.90 Å². The summed E-state index contributed by atoms with van der Waals surface area (Å²) in [5.74, 6) is -0.0579. The smallest absolute Gasteiger partial charge is 0.338 e. The number of ether oxygens (including phenoxy) is 3. The number of esters is 1. The molecule has 0 saturated carbocycles. The van der Waals surface area contributed by atoms with Gasteiger partial charge in [0.05, 0.1) is 31.8 Å². The van der Waals surface area contributed by atoms with E-state index in [1.165, 1.54) is 18.1 Å². The Morgan fingerprint density at radius 2 is 2.04 bits per heavy atom. The van der Waals surface area contributed by atoms with E-state index in [-0.39, 0.29) is 24.5 Å². The van der Waals surface area contributed by atoms with E-state index in [9.17, 15) is 9.59 Å². The first kappa shape index (κ1) is 18.3. The molecule has 0 N–H and O–H groups in total. The molecule has 0 saturated heterocycles. The summed E-state index contributed by atoms with van der Waals surface area (Å²) in [5.41, 5.74) is 0.262. The third kappa shape index (κ3) is 5.51. The van der Waals surface area contributed by atoms with Gasteiger partial charge in [0.2, 0.25) is 0 Å². The van der Waals surface area contributed by atoms with E-state index < -0.39 is 5.97 Å². The molecule has 0 aromatic heterocycles. The zero-order valence-corrected chi connectivity index (χ0v) is 13.5. The Morgan fingerprint density at radius 3 is 2.65 bits per heavy atom. The number of hydrogen-bond donors (Lipinski definition) is 0. The molecule has 0 radical (unpaired) electrons. The fraction of sp³-hybridized carbons (Fsp3) is 0.438. The first-order valence-electron chi connectivity index (χ1n) is 7.12. The van der Waals surface area contributed by atoms with Crippen LogP contribution >= 0.6 is 0 Å². The zero-order chi connectivity index (χ0) is 17.2. The molecular formula is C16H20N2O5. The maximum atomic E-state index is 12.0. The highest BCUT2D eigenvalue weighted by Gasteiger charge is 2.15. The van der Waals surface area contributed by atoms with Gasteiger partial charge in [0.25, 0.3) is 5.91 Å². The van der Waals surface area contributed by atoms with Gasteiger partial charge >= 0.3 is 5.97 Å². The molecule has 0 heterocycles. The quantitative estimate of drug-likeness (QED) is 0.676. The van der Waals surface area contributed by atoms with Crippen LogP contribution < -0.4 is 9.47 Å². The monoisotopic (exact) mass is 320 g/mol. The normalized spacial score (nSPS) is 9.65. The van der Waals surface area contributed by atoms with E-state index in [1.54, 1.807) is 19.2 Å². The van der Waals surface area contributed by atoms with Crippen molar-refractivity contribution in [3.8, 4) is 17.6 Å². The van der Waals surface area contributed by atoms with Crippen LogP contribution in [-0.2, 0) is 9.53 Å². The molecule has 23 heavy (non-hydrogen) atoms. The maximum Gasteiger partial charge on any atom is 0.338 e. The molecule has 0 unspecified atom stereocenters. The number of nitrogens with zero attached hydrogens (tertiary/aromatic N) is 2. The van der Waals surface area contributed by atoms with E-state index in [1.807, 2.05) is 13.0 Å². The summed E-state index contributed by atoms with van der Waals surface area (Å²) in [5, 5.41) is 8.48. The summed E-state index contributed by atoms with van der Waals surface area (Å²) in [6, 6.07) is 6.59. The number of carbonyl (C=O) groups excluding carboxylic acids is 2. The van der Waals surface area contributed by atoms with Gasteiger partial charge in [-0.15, -0.1) is 0 Å². The number of methoxy groups -OCH3 is 1. The minimum absolute atomic E-state index is 0.228. The number of amides is 1. The Labute approximate surface area is 135 Å². The van der Waals surface area contributed by atoms with Gasteiger partial charge in [-0.25, -0.2) is 4.79 Å². The van der Waals surface area contributed by atoms with E-state index in [0.717, 1.165) is 0 Å². The molecule has 1 aromatic carbocycles. The van der Waals surface area contributed by atoms with Crippen molar-refractivity contribution >= 4 is 11.9 Å². The van der Waals surface area contributed by atoms with Crippen LogP contribution in [0.5, 0.6) is 11.5 Å². The number of rotatable bonds is 8. The lowest BCUT2D eigenvalue weighted by atomic mass is 10.2. The van der Waals surface area contributed by atoms with Crippen LogP contribution in [0.25, 0.3) is 0 Å². The Hall–Kier alpha value is -2.75. The SMILES string of the molecule is CCOc1ccc(C(=O)OCC(=O)N(C)CCC#N)cc1OC. The molecule has 0 spiro atoms. The fourth-order valence-electron chi connectivity index (χ4n) is 1.73. The minimum atomic E-state index is -0.631. The van der Waals surface area contributed by atoms with Crippen LogP contribution in [-0.4, -0.2) is 50.7 Å². The lowest BCUT2D eigenvalue weighted by molar-refractivity contribution is -0.133. The molecule has 0 bridgehead atoms. The second-order valence-corrected chi connectivity index (χ2v) is 4.60. The van der Waals surface area contributed by atoms with Crippen molar-refractivity contribution in [1.29, 1.82) is 5.26 Å². The Morgan fingerprint density at radius 1 is 1.30 bits per heavy atom. The van der Waals surface area contributed by atoms with Gasteiger partial charge in [-0.1, -0.05) is 0 Å². The summed E-state index contributed by atoms with van der Waals surface area (Å²) in [6.07, 6.45) is 0.228. The topological polar surface area (TPSA) is 88.9 Å². The van der Waals surface area contributed by atoms with Crippen molar-refractivity contribution < 1.29 is 23.8 Å². The van der Waals surface area contributed by atoms with Gasteiger partial charge in [0.1, 0.15) is 0 Å². The molecule has 0 aliphatic rings. The highest BCUT2D eigenvalue weighted by Crippen LogP contribution is 2.28. The van der Waals surface area contributed by atoms with E-state index in [2.05, 4.69) is 0 Å². The molecule has 0 aliphatic carbocycles. The number of benzene rings is 1. The van der Waals surface area contributed by atoms with Crippen LogP contribution in [0.2, 0.25) is 0 Å². The van der Waals surface area contributed by atoms with Crippen molar-refractivity contribution in [2.45, 2.75) is 13.3 Å². The second kappa shape index (κ2) is 9.30. The van der Waals surface area contributed by atoms with Crippen molar-refractivity contribution in [3.05, 3.63) is 23.8 Å². The highest BCUT2D eigenvalue weighted by atomic mass is 16.5. The fourth-order valence-corrected chi connectivity index (χ4v) is 1.73.